The van der Waals surface area contributed by atoms with Crippen LogP contribution in [0.15, 0.2) is 0 Å². The lowest BCUT2D eigenvalue weighted by molar-refractivity contribution is -0.140. The van der Waals surface area contributed by atoms with E-state index in [0.29, 0.717) is 19.0 Å². The molecule has 3 heteroatoms. The van der Waals surface area contributed by atoms with Gasteiger partial charge >= 0.3 is 0 Å². The van der Waals surface area contributed by atoms with Crippen LogP contribution in [0.25, 0.3) is 0 Å². The van der Waals surface area contributed by atoms with Gasteiger partial charge < -0.3 is 4.90 Å². The maximum absolute atomic E-state index is 11.3. The zero-order valence-electron chi connectivity index (χ0n) is 7.46. The minimum Gasteiger partial charge on any atom is -0.332 e. The molecule has 0 spiro atoms. The summed E-state index contributed by atoms with van der Waals surface area (Å²) in [6, 6.07) is 0.330. The molecule has 1 heterocycles. The molecule has 0 bridgehead atoms. The second-order valence-electron chi connectivity index (χ2n) is 4.38. The van der Waals surface area contributed by atoms with Gasteiger partial charge in [0.25, 0.3) is 5.91 Å². The molecule has 1 amide bonds. The first-order valence-electron chi connectivity index (χ1n) is 4.36. The quantitative estimate of drug-likeness (QED) is 0.536. The molecule has 1 aliphatic heterocycles. The van der Waals surface area contributed by atoms with Gasteiger partial charge in [-0.2, -0.15) is 0 Å². The highest BCUT2D eigenvalue weighted by atomic mass is 16.2. The maximum Gasteiger partial charge on any atom is 0.290 e. The molecule has 3 nitrogen and oxygen atoms in total. The fourth-order valence-corrected chi connectivity index (χ4v) is 1.86. The standard InChI is InChI=1S/C9H13NO2/c1-9(2)5-7(9)10-4-3-6(11)8(10)12/h7H,3-5H2,1-2H3. The van der Waals surface area contributed by atoms with E-state index in [0.717, 1.165) is 6.42 Å². The van der Waals surface area contributed by atoms with Crippen LogP contribution in [-0.4, -0.2) is 29.2 Å². The first kappa shape index (κ1) is 7.77. The van der Waals surface area contributed by atoms with Crippen molar-refractivity contribution in [2.24, 2.45) is 5.41 Å². The molecule has 0 aromatic heterocycles. The molecule has 66 valence electrons. The molecule has 12 heavy (non-hydrogen) atoms. The summed E-state index contributed by atoms with van der Waals surface area (Å²) in [4.78, 5) is 23.9. The van der Waals surface area contributed by atoms with Crippen molar-refractivity contribution in [2.75, 3.05) is 6.54 Å². The highest BCUT2D eigenvalue weighted by Crippen LogP contribution is 2.49. The van der Waals surface area contributed by atoms with Gasteiger partial charge in [0.05, 0.1) is 0 Å². The van der Waals surface area contributed by atoms with Gasteiger partial charge in [0.1, 0.15) is 0 Å². The van der Waals surface area contributed by atoms with Crippen molar-refractivity contribution in [1.82, 2.24) is 4.90 Å². The van der Waals surface area contributed by atoms with E-state index in [1.54, 1.807) is 4.90 Å². The highest BCUT2D eigenvalue weighted by Gasteiger charge is 2.53. The van der Waals surface area contributed by atoms with Crippen molar-refractivity contribution in [3.63, 3.8) is 0 Å². The average molecular weight is 167 g/mol. The summed E-state index contributed by atoms with van der Waals surface area (Å²) in [7, 11) is 0. The van der Waals surface area contributed by atoms with Crippen LogP contribution in [-0.2, 0) is 9.59 Å². The number of carbonyl (C=O) groups is 2. The second-order valence-corrected chi connectivity index (χ2v) is 4.38. The van der Waals surface area contributed by atoms with E-state index in [-0.39, 0.29) is 17.1 Å². The summed E-state index contributed by atoms with van der Waals surface area (Å²) >= 11 is 0. The molecular weight excluding hydrogens is 154 g/mol. The number of Topliss-reactive ketones (excluding diaryl/α,β-unsaturated/α-hetero) is 1. The van der Waals surface area contributed by atoms with Gasteiger partial charge in [-0.25, -0.2) is 0 Å². The van der Waals surface area contributed by atoms with Crippen LogP contribution in [0.1, 0.15) is 26.7 Å². The lowest BCUT2D eigenvalue weighted by Gasteiger charge is -2.15. The Morgan fingerprint density at radius 2 is 2.00 bits per heavy atom. The molecule has 0 N–H and O–H groups in total. The van der Waals surface area contributed by atoms with Gasteiger partial charge in [-0.3, -0.25) is 9.59 Å². The second kappa shape index (κ2) is 2.09. The molecule has 1 unspecified atom stereocenters. The highest BCUT2D eigenvalue weighted by molar-refractivity contribution is 6.38. The van der Waals surface area contributed by atoms with Crippen LogP contribution in [0.2, 0.25) is 0 Å². The fourth-order valence-electron chi connectivity index (χ4n) is 1.86. The molecule has 2 fully saturated rings. The van der Waals surface area contributed by atoms with Gasteiger partial charge in [-0.15, -0.1) is 0 Å². The topological polar surface area (TPSA) is 37.4 Å². The van der Waals surface area contributed by atoms with Gasteiger partial charge in [-0.05, 0) is 11.8 Å². The molecule has 0 radical (unpaired) electrons. The smallest absolute Gasteiger partial charge is 0.290 e. The zero-order valence-corrected chi connectivity index (χ0v) is 7.46. The largest absolute Gasteiger partial charge is 0.332 e. The number of amides is 1. The SMILES string of the molecule is CC1(C)CC1N1CCC(=O)C1=O. The van der Waals surface area contributed by atoms with E-state index < -0.39 is 0 Å². The van der Waals surface area contributed by atoms with Crippen LogP contribution >= 0.6 is 0 Å². The number of likely N-dealkylation sites (tertiary alicyclic amines) is 1. The molecule has 0 aromatic rings. The first-order valence-corrected chi connectivity index (χ1v) is 4.36. The summed E-state index contributed by atoms with van der Waals surface area (Å²) in [5.74, 6) is -0.469. The van der Waals surface area contributed by atoms with Crippen molar-refractivity contribution in [3.8, 4) is 0 Å². The van der Waals surface area contributed by atoms with Crippen molar-refractivity contribution < 1.29 is 9.59 Å². The van der Waals surface area contributed by atoms with Crippen LogP contribution in [0, 0.1) is 5.41 Å². The monoisotopic (exact) mass is 167 g/mol. The number of nitrogens with zero attached hydrogens (tertiary/aromatic N) is 1. The van der Waals surface area contributed by atoms with Crippen LogP contribution in [0.4, 0.5) is 0 Å². The Morgan fingerprint density at radius 3 is 2.33 bits per heavy atom. The minimum absolute atomic E-state index is 0.210. The van der Waals surface area contributed by atoms with Crippen molar-refractivity contribution in [1.29, 1.82) is 0 Å². The summed E-state index contributed by atoms with van der Waals surface area (Å²) < 4.78 is 0. The molecule has 2 rings (SSSR count). The summed E-state index contributed by atoms with van der Waals surface area (Å²) in [6.45, 7) is 4.91. The van der Waals surface area contributed by atoms with Crippen molar-refractivity contribution >= 4 is 11.7 Å². The number of hydrogen-bond acceptors (Lipinski definition) is 2. The summed E-state index contributed by atoms with van der Waals surface area (Å²) in [6.07, 6.45) is 1.47. The third kappa shape index (κ3) is 0.958. The van der Waals surface area contributed by atoms with Gasteiger partial charge in [0, 0.05) is 19.0 Å². The third-order valence-electron chi connectivity index (χ3n) is 2.92. The predicted octanol–water partition coefficient (Wildman–Crippen LogP) is 0.586. The lowest BCUT2D eigenvalue weighted by atomic mass is 10.2. The normalized spacial score (nSPS) is 32.8. The number of hydrogen-bond donors (Lipinski definition) is 0. The molecule has 1 atom stereocenters. The average Bonchev–Trinajstić information content (AvgIpc) is 2.47. The van der Waals surface area contributed by atoms with E-state index >= 15 is 0 Å². The molecular formula is C9H13NO2. The number of carbonyl (C=O) groups excluding carboxylic acids is 2. The Balaban J connectivity index is 2.08. The van der Waals surface area contributed by atoms with Gasteiger partial charge in [0.15, 0.2) is 0 Å². The summed E-state index contributed by atoms with van der Waals surface area (Å²) in [5.41, 5.74) is 0.250. The fraction of sp³-hybridized carbons (Fsp3) is 0.778. The van der Waals surface area contributed by atoms with Crippen LogP contribution < -0.4 is 0 Å². The Bertz CT molecular complexity index is 257. The Morgan fingerprint density at radius 1 is 1.42 bits per heavy atom. The molecule has 1 saturated carbocycles. The number of ketones is 1. The van der Waals surface area contributed by atoms with Crippen LogP contribution in [0.3, 0.4) is 0 Å². The molecule has 0 aromatic carbocycles. The molecule has 2 aliphatic rings. The van der Waals surface area contributed by atoms with Crippen LogP contribution in [0.5, 0.6) is 0 Å². The van der Waals surface area contributed by atoms with E-state index in [1.807, 2.05) is 0 Å². The Kier molecular flexibility index (Phi) is 1.35. The van der Waals surface area contributed by atoms with E-state index in [1.165, 1.54) is 0 Å². The number of rotatable bonds is 1. The lowest BCUT2D eigenvalue weighted by Crippen LogP contribution is -2.31. The first-order chi connectivity index (χ1) is 5.52. The van der Waals surface area contributed by atoms with E-state index in [2.05, 4.69) is 13.8 Å². The minimum atomic E-state index is -0.259. The van der Waals surface area contributed by atoms with E-state index in [4.69, 9.17) is 0 Å². The Labute approximate surface area is 71.7 Å². The molecule has 1 saturated heterocycles. The van der Waals surface area contributed by atoms with Gasteiger partial charge in [-0.1, -0.05) is 13.8 Å². The van der Waals surface area contributed by atoms with Crippen molar-refractivity contribution in [3.05, 3.63) is 0 Å². The zero-order chi connectivity index (χ0) is 8.93. The van der Waals surface area contributed by atoms with Crippen molar-refractivity contribution in [2.45, 2.75) is 32.7 Å². The predicted molar refractivity (Wildman–Crippen MR) is 43.5 cm³/mol. The third-order valence-corrected chi connectivity index (χ3v) is 2.92. The molecule has 1 aliphatic carbocycles. The maximum atomic E-state index is 11.3. The van der Waals surface area contributed by atoms with E-state index in [9.17, 15) is 9.59 Å². The Hall–Kier alpha value is -0.860. The summed E-state index contributed by atoms with van der Waals surface area (Å²) in [5, 5.41) is 0. The van der Waals surface area contributed by atoms with Gasteiger partial charge in [0.2, 0.25) is 5.78 Å².